The predicted octanol–water partition coefficient (Wildman–Crippen LogP) is 2.02. The first-order valence-electron chi connectivity index (χ1n) is 5.49. The maximum absolute atomic E-state index is 11.2. The van der Waals surface area contributed by atoms with Gasteiger partial charge in [-0.05, 0) is 32.6 Å². The second kappa shape index (κ2) is 4.30. The van der Waals surface area contributed by atoms with E-state index in [2.05, 4.69) is 12.2 Å². The Morgan fingerprint density at radius 1 is 1.64 bits per heavy atom. The number of hydrogen-bond donors (Lipinski definition) is 2. The number of carboxylic acids is 1. The minimum absolute atomic E-state index is 0.273. The largest absolute Gasteiger partial charge is 0.480 e. The van der Waals surface area contributed by atoms with Gasteiger partial charge in [0.05, 0.1) is 0 Å². The molecule has 0 aromatic carbocycles. The Balaban J connectivity index is 2.54. The van der Waals surface area contributed by atoms with Crippen molar-refractivity contribution in [3.05, 3.63) is 0 Å². The van der Waals surface area contributed by atoms with Crippen molar-refractivity contribution in [3.63, 3.8) is 0 Å². The fourth-order valence-electron chi connectivity index (χ4n) is 1.75. The molecule has 0 radical (unpaired) electrons. The van der Waals surface area contributed by atoms with Crippen LogP contribution in [-0.4, -0.2) is 22.7 Å². The number of carboxylic acid groups (broad SMARTS) is 1. The Morgan fingerprint density at radius 2 is 2.21 bits per heavy atom. The van der Waals surface area contributed by atoms with Gasteiger partial charge in [-0.3, -0.25) is 10.1 Å². The highest BCUT2D eigenvalue weighted by Crippen LogP contribution is 2.37. The van der Waals surface area contributed by atoms with Gasteiger partial charge in [-0.2, -0.15) is 0 Å². The molecular formula is C11H21NO2. The number of rotatable bonds is 6. The molecule has 3 heteroatoms. The summed E-state index contributed by atoms with van der Waals surface area (Å²) in [4.78, 5) is 11.2. The molecule has 14 heavy (non-hydrogen) atoms. The lowest BCUT2D eigenvalue weighted by molar-refractivity contribution is -0.145. The first-order chi connectivity index (χ1) is 6.48. The molecule has 1 saturated carbocycles. The van der Waals surface area contributed by atoms with E-state index in [1.54, 1.807) is 6.92 Å². The van der Waals surface area contributed by atoms with Crippen molar-refractivity contribution in [1.29, 1.82) is 0 Å². The molecule has 0 heterocycles. The lowest BCUT2D eigenvalue weighted by atomic mass is 9.93. The SMILES string of the molecule is CCC(C)NC(C)(CC1CC1)C(=O)O. The molecule has 1 rings (SSSR count). The molecule has 1 fully saturated rings. The highest BCUT2D eigenvalue weighted by molar-refractivity contribution is 5.78. The highest BCUT2D eigenvalue weighted by Gasteiger charge is 2.39. The Hall–Kier alpha value is -0.570. The molecule has 2 atom stereocenters. The molecule has 0 aliphatic heterocycles. The monoisotopic (exact) mass is 199 g/mol. The van der Waals surface area contributed by atoms with Crippen LogP contribution < -0.4 is 5.32 Å². The van der Waals surface area contributed by atoms with Crippen molar-refractivity contribution in [2.24, 2.45) is 5.92 Å². The summed E-state index contributed by atoms with van der Waals surface area (Å²) in [7, 11) is 0. The molecule has 82 valence electrons. The van der Waals surface area contributed by atoms with Crippen molar-refractivity contribution in [2.45, 2.75) is 58.0 Å². The first kappa shape index (κ1) is 11.5. The fraction of sp³-hybridized carbons (Fsp3) is 0.909. The maximum atomic E-state index is 11.2. The first-order valence-corrected chi connectivity index (χ1v) is 5.49. The van der Waals surface area contributed by atoms with Crippen LogP contribution in [0.2, 0.25) is 0 Å². The molecular weight excluding hydrogens is 178 g/mol. The number of hydrogen-bond acceptors (Lipinski definition) is 2. The highest BCUT2D eigenvalue weighted by atomic mass is 16.4. The quantitative estimate of drug-likeness (QED) is 0.688. The Morgan fingerprint density at radius 3 is 2.57 bits per heavy atom. The summed E-state index contributed by atoms with van der Waals surface area (Å²) >= 11 is 0. The van der Waals surface area contributed by atoms with E-state index in [-0.39, 0.29) is 6.04 Å². The third kappa shape index (κ3) is 2.98. The smallest absolute Gasteiger partial charge is 0.323 e. The zero-order valence-electron chi connectivity index (χ0n) is 9.34. The van der Waals surface area contributed by atoms with E-state index < -0.39 is 11.5 Å². The van der Waals surface area contributed by atoms with Gasteiger partial charge in [0.15, 0.2) is 0 Å². The zero-order chi connectivity index (χ0) is 10.8. The van der Waals surface area contributed by atoms with E-state index in [0.717, 1.165) is 12.8 Å². The standard InChI is InChI=1S/C11H21NO2/c1-4-8(2)12-11(3,10(13)14)7-9-5-6-9/h8-9,12H,4-7H2,1-3H3,(H,13,14). The van der Waals surface area contributed by atoms with E-state index >= 15 is 0 Å². The van der Waals surface area contributed by atoms with Gasteiger partial charge < -0.3 is 5.11 Å². The molecule has 0 aromatic heterocycles. The number of carbonyl (C=O) groups is 1. The van der Waals surface area contributed by atoms with Crippen LogP contribution in [-0.2, 0) is 4.79 Å². The third-order valence-electron chi connectivity index (χ3n) is 3.04. The lowest BCUT2D eigenvalue weighted by Crippen LogP contribution is -2.53. The van der Waals surface area contributed by atoms with Crippen molar-refractivity contribution in [1.82, 2.24) is 5.32 Å². The number of aliphatic carboxylic acids is 1. The number of nitrogens with one attached hydrogen (secondary N) is 1. The zero-order valence-corrected chi connectivity index (χ0v) is 9.34. The van der Waals surface area contributed by atoms with Gasteiger partial charge in [-0.1, -0.05) is 19.8 Å². The van der Waals surface area contributed by atoms with Gasteiger partial charge in [0.2, 0.25) is 0 Å². The van der Waals surface area contributed by atoms with E-state index in [9.17, 15) is 9.90 Å². The van der Waals surface area contributed by atoms with Gasteiger partial charge >= 0.3 is 5.97 Å². The summed E-state index contributed by atoms with van der Waals surface area (Å²) in [6.45, 7) is 5.91. The normalized spacial score (nSPS) is 22.8. The van der Waals surface area contributed by atoms with Crippen LogP contribution >= 0.6 is 0 Å². The average Bonchev–Trinajstić information content (AvgIpc) is 2.87. The Labute approximate surface area is 85.9 Å². The molecule has 0 spiro atoms. The second-order valence-corrected chi connectivity index (χ2v) is 4.74. The van der Waals surface area contributed by atoms with Crippen LogP contribution in [0.1, 0.15) is 46.5 Å². The molecule has 1 aliphatic rings. The van der Waals surface area contributed by atoms with Crippen molar-refractivity contribution >= 4 is 5.97 Å². The Kier molecular flexibility index (Phi) is 3.53. The van der Waals surface area contributed by atoms with E-state index in [0.29, 0.717) is 5.92 Å². The van der Waals surface area contributed by atoms with E-state index in [1.165, 1.54) is 12.8 Å². The second-order valence-electron chi connectivity index (χ2n) is 4.74. The van der Waals surface area contributed by atoms with Crippen LogP contribution in [0.4, 0.5) is 0 Å². The van der Waals surface area contributed by atoms with Crippen LogP contribution in [0, 0.1) is 5.92 Å². The molecule has 0 amide bonds. The van der Waals surface area contributed by atoms with E-state index in [1.807, 2.05) is 6.92 Å². The van der Waals surface area contributed by atoms with Gasteiger partial charge in [-0.15, -0.1) is 0 Å². The fourth-order valence-corrected chi connectivity index (χ4v) is 1.75. The summed E-state index contributed by atoms with van der Waals surface area (Å²) < 4.78 is 0. The predicted molar refractivity (Wildman–Crippen MR) is 56.3 cm³/mol. The van der Waals surface area contributed by atoms with Gasteiger partial charge in [-0.25, -0.2) is 0 Å². The summed E-state index contributed by atoms with van der Waals surface area (Å²) in [6, 6.07) is 0.273. The van der Waals surface area contributed by atoms with Crippen molar-refractivity contribution < 1.29 is 9.90 Å². The topological polar surface area (TPSA) is 49.3 Å². The molecule has 0 aromatic rings. The van der Waals surface area contributed by atoms with Crippen LogP contribution in [0.5, 0.6) is 0 Å². The summed E-state index contributed by atoms with van der Waals surface area (Å²) in [6.07, 6.45) is 4.14. The van der Waals surface area contributed by atoms with Crippen LogP contribution in [0.25, 0.3) is 0 Å². The van der Waals surface area contributed by atoms with Crippen LogP contribution in [0.15, 0.2) is 0 Å². The summed E-state index contributed by atoms with van der Waals surface area (Å²) in [5.74, 6) is -0.0858. The summed E-state index contributed by atoms with van der Waals surface area (Å²) in [5.41, 5.74) is -0.726. The van der Waals surface area contributed by atoms with Gasteiger partial charge in [0.1, 0.15) is 5.54 Å². The minimum Gasteiger partial charge on any atom is -0.480 e. The molecule has 2 N–H and O–H groups in total. The van der Waals surface area contributed by atoms with E-state index in [4.69, 9.17) is 0 Å². The lowest BCUT2D eigenvalue weighted by Gasteiger charge is -2.29. The van der Waals surface area contributed by atoms with Crippen molar-refractivity contribution in [3.8, 4) is 0 Å². The minimum atomic E-state index is -0.726. The molecule has 1 aliphatic carbocycles. The average molecular weight is 199 g/mol. The van der Waals surface area contributed by atoms with Gasteiger partial charge in [0.25, 0.3) is 0 Å². The maximum Gasteiger partial charge on any atom is 0.323 e. The van der Waals surface area contributed by atoms with Crippen LogP contribution in [0.3, 0.4) is 0 Å². The third-order valence-corrected chi connectivity index (χ3v) is 3.04. The molecule has 3 nitrogen and oxygen atoms in total. The van der Waals surface area contributed by atoms with Gasteiger partial charge in [0, 0.05) is 6.04 Å². The molecule has 2 unspecified atom stereocenters. The Bertz CT molecular complexity index is 213. The molecule has 0 saturated heterocycles. The van der Waals surface area contributed by atoms with Crippen molar-refractivity contribution in [2.75, 3.05) is 0 Å². The summed E-state index contributed by atoms with van der Waals surface area (Å²) in [5, 5.41) is 12.4. The molecule has 0 bridgehead atoms.